The lowest BCUT2D eigenvalue weighted by atomic mass is 9.79. The molecule has 0 spiro atoms. The summed E-state index contributed by atoms with van der Waals surface area (Å²) in [4.78, 5) is 2.65. The van der Waals surface area contributed by atoms with Crippen molar-refractivity contribution in [1.29, 1.82) is 0 Å². The normalized spacial score (nSPS) is 28.3. The second kappa shape index (κ2) is 8.93. The van der Waals surface area contributed by atoms with Crippen molar-refractivity contribution in [2.45, 2.75) is 71.0 Å². The van der Waals surface area contributed by atoms with Gasteiger partial charge in [0.1, 0.15) is 0 Å². The highest BCUT2D eigenvalue weighted by Crippen LogP contribution is 2.31. The molecule has 1 aliphatic rings. The third kappa shape index (κ3) is 5.05. The monoisotopic (exact) mass is 270 g/mol. The van der Waals surface area contributed by atoms with Crippen molar-refractivity contribution < 1.29 is 4.74 Å². The van der Waals surface area contributed by atoms with E-state index in [1.165, 1.54) is 32.1 Å². The van der Waals surface area contributed by atoms with E-state index in [1.54, 1.807) is 7.11 Å². The zero-order chi connectivity index (χ0) is 14.3. The molecule has 0 aromatic carbocycles. The fraction of sp³-hybridized carbons (Fsp3) is 1.00. The van der Waals surface area contributed by atoms with E-state index in [0.717, 1.165) is 19.1 Å². The number of methoxy groups -OCH3 is 1. The summed E-state index contributed by atoms with van der Waals surface area (Å²) in [5.41, 5.74) is 0. The van der Waals surface area contributed by atoms with Gasteiger partial charge in [-0.3, -0.25) is 4.90 Å². The summed E-state index contributed by atoms with van der Waals surface area (Å²) in [6, 6.07) is 1.91. The summed E-state index contributed by atoms with van der Waals surface area (Å²) in [6.45, 7) is 8.82. The summed E-state index contributed by atoms with van der Waals surface area (Å²) in [6.07, 6.45) is 6.78. The van der Waals surface area contributed by atoms with Gasteiger partial charge >= 0.3 is 0 Å². The highest BCUT2D eigenvalue weighted by Gasteiger charge is 2.34. The third-order valence-electron chi connectivity index (χ3n) is 4.64. The van der Waals surface area contributed by atoms with Gasteiger partial charge in [-0.25, -0.2) is 0 Å². The van der Waals surface area contributed by atoms with Crippen molar-refractivity contribution in [2.24, 2.45) is 5.92 Å². The highest BCUT2D eigenvalue weighted by atomic mass is 16.5. The quantitative estimate of drug-likeness (QED) is 0.734. The van der Waals surface area contributed by atoms with Crippen LogP contribution in [0.1, 0.15) is 52.9 Å². The predicted octanol–water partition coefficient (Wildman–Crippen LogP) is 2.90. The lowest BCUT2D eigenvalue weighted by Crippen LogP contribution is -2.55. The number of likely N-dealkylation sites (N-methyl/N-ethyl adjacent to an activating group) is 1. The lowest BCUT2D eigenvalue weighted by molar-refractivity contribution is 0.0469. The zero-order valence-electron chi connectivity index (χ0n) is 13.6. The average molecular weight is 270 g/mol. The Kier molecular flexibility index (Phi) is 7.96. The van der Waals surface area contributed by atoms with E-state index in [4.69, 9.17) is 4.74 Å². The van der Waals surface area contributed by atoms with Crippen LogP contribution in [0.25, 0.3) is 0 Å². The van der Waals surface area contributed by atoms with Gasteiger partial charge in [-0.15, -0.1) is 0 Å². The van der Waals surface area contributed by atoms with Gasteiger partial charge in [-0.1, -0.05) is 19.8 Å². The molecule has 1 saturated carbocycles. The predicted molar refractivity (Wildman–Crippen MR) is 82.6 cm³/mol. The Labute approximate surface area is 120 Å². The summed E-state index contributed by atoms with van der Waals surface area (Å²) < 4.78 is 5.29. The Morgan fingerprint density at radius 1 is 1.32 bits per heavy atom. The molecule has 19 heavy (non-hydrogen) atoms. The first-order valence-electron chi connectivity index (χ1n) is 8.05. The molecule has 1 aliphatic carbocycles. The first-order chi connectivity index (χ1) is 9.13. The van der Waals surface area contributed by atoms with Crippen LogP contribution in [-0.4, -0.2) is 50.3 Å². The minimum atomic E-state index is 0.594. The molecule has 1 N–H and O–H groups in total. The molecule has 1 fully saturated rings. The number of rotatable bonds is 8. The number of nitrogens with one attached hydrogen (secondary N) is 1. The Bertz CT molecular complexity index is 233. The van der Waals surface area contributed by atoms with Gasteiger partial charge < -0.3 is 10.1 Å². The molecule has 0 aliphatic heterocycles. The second-order valence-electron chi connectivity index (χ2n) is 6.25. The van der Waals surface area contributed by atoms with Crippen LogP contribution >= 0.6 is 0 Å². The van der Waals surface area contributed by atoms with Crippen LogP contribution in [0.3, 0.4) is 0 Å². The largest absolute Gasteiger partial charge is 0.383 e. The summed E-state index contributed by atoms with van der Waals surface area (Å²) in [7, 11) is 3.92. The molecule has 0 aromatic rings. The van der Waals surface area contributed by atoms with Crippen LogP contribution in [0.4, 0.5) is 0 Å². The Hall–Kier alpha value is -0.120. The van der Waals surface area contributed by atoms with Crippen LogP contribution in [0, 0.1) is 5.92 Å². The molecule has 114 valence electrons. The van der Waals surface area contributed by atoms with Crippen LogP contribution in [0.15, 0.2) is 0 Å². The molecule has 0 saturated heterocycles. The van der Waals surface area contributed by atoms with E-state index in [9.17, 15) is 0 Å². The second-order valence-corrected chi connectivity index (χ2v) is 6.25. The van der Waals surface area contributed by atoms with E-state index < -0.39 is 0 Å². The molecule has 3 heteroatoms. The first-order valence-corrected chi connectivity index (χ1v) is 8.05. The lowest BCUT2D eigenvalue weighted by Gasteiger charge is -2.44. The minimum Gasteiger partial charge on any atom is -0.383 e. The fourth-order valence-corrected chi connectivity index (χ4v) is 3.61. The van der Waals surface area contributed by atoms with Gasteiger partial charge in [0.15, 0.2) is 0 Å². The van der Waals surface area contributed by atoms with Gasteiger partial charge in [-0.2, -0.15) is 0 Å². The topological polar surface area (TPSA) is 24.5 Å². The van der Waals surface area contributed by atoms with E-state index in [0.29, 0.717) is 18.1 Å². The minimum absolute atomic E-state index is 0.594. The molecule has 3 unspecified atom stereocenters. The molecular formula is C16H34N2O. The van der Waals surface area contributed by atoms with Crippen LogP contribution < -0.4 is 5.32 Å². The maximum Gasteiger partial charge on any atom is 0.0589 e. The summed E-state index contributed by atoms with van der Waals surface area (Å²) in [5.74, 6) is 0.920. The van der Waals surface area contributed by atoms with Crippen LogP contribution in [-0.2, 0) is 4.74 Å². The smallest absolute Gasteiger partial charge is 0.0589 e. The average Bonchev–Trinajstić information content (AvgIpc) is 2.39. The standard InChI is InChI=1S/C16H34N2O/c1-6-7-14-8-9-15(17-4)16(12-14)18(13(2)3)10-11-19-5/h13-17H,6-12H2,1-5H3. The van der Waals surface area contributed by atoms with Gasteiger partial charge in [0.2, 0.25) is 0 Å². The number of ether oxygens (including phenoxy) is 1. The first kappa shape index (κ1) is 16.9. The fourth-order valence-electron chi connectivity index (χ4n) is 3.61. The van der Waals surface area contributed by atoms with Crippen LogP contribution in [0.5, 0.6) is 0 Å². The Morgan fingerprint density at radius 3 is 2.58 bits per heavy atom. The van der Waals surface area contributed by atoms with Gasteiger partial charge in [-0.05, 0) is 46.1 Å². The molecule has 0 amide bonds. The van der Waals surface area contributed by atoms with E-state index in [-0.39, 0.29) is 0 Å². The summed E-state index contributed by atoms with van der Waals surface area (Å²) in [5, 5.41) is 3.55. The van der Waals surface area contributed by atoms with E-state index >= 15 is 0 Å². The maximum absolute atomic E-state index is 5.29. The number of hydrogen-bond acceptors (Lipinski definition) is 3. The van der Waals surface area contributed by atoms with E-state index in [1.807, 2.05) is 0 Å². The molecular weight excluding hydrogens is 236 g/mol. The zero-order valence-corrected chi connectivity index (χ0v) is 13.6. The molecule has 1 rings (SSSR count). The van der Waals surface area contributed by atoms with Crippen molar-refractivity contribution in [1.82, 2.24) is 10.2 Å². The van der Waals surface area contributed by atoms with Crippen molar-refractivity contribution in [3.05, 3.63) is 0 Å². The van der Waals surface area contributed by atoms with Crippen molar-refractivity contribution in [2.75, 3.05) is 27.3 Å². The Balaban J connectivity index is 2.69. The third-order valence-corrected chi connectivity index (χ3v) is 4.64. The Morgan fingerprint density at radius 2 is 2.05 bits per heavy atom. The molecule has 3 atom stereocenters. The molecule has 0 heterocycles. The number of hydrogen-bond donors (Lipinski definition) is 1. The van der Waals surface area contributed by atoms with Crippen molar-refractivity contribution >= 4 is 0 Å². The molecule has 0 aromatic heterocycles. The van der Waals surface area contributed by atoms with Crippen molar-refractivity contribution in [3.63, 3.8) is 0 Å². The van der Waals surface area contributed by atoms with Gasteiger partial charge in [0.05, 0.1) is 6.61 Å². The summed E-state index contributed by atoms with van der Waals surface area (Å²) >= 11 is 0. The molecule has 0 radical (unpaired) electrons. The maximum atomic E-state index is 5.29. The van der Waals surface area contributed by atoms with Gasteiger partial charge in [0, 0.05) is 31.8 Å². The van der Waals surface area contributed by atoms with E-state index in [2.05, 4.69) is 38.0 Å². The van der Waals surface area contributed by atoms with Gasteiger partial charge in [0.25, 0.3) is 0 Å². The SMILES string of the molecule is CCCC1CCC(NC)C(N(CCOC)C(C)C)C1. The van der Waals surface area contributed by atoms with Crippen LogP contribution in [0.2, 0.25) is 0 Å². The van der Waals surface area contributed by atoms with Crippen molar-refractivity contribution in [3.8, 4) is 0 Å². The number of nitrogens with zero attached hydrogens (tertiary/aromatic N) is 1. The molecule has 0 bridgehead atoms. The highest BCUT2D eigenvalue weighted by molar-refractivity contribution is 4.91. The molecule has 3 nitrogen and oxygen atoms in total.